The normalized spacial score (nSPS) is 19.5. The maximum Gasteiger partial charge on any atom is 0.251 e. The van der Waals surface area contributed by atoms with Crippen LogP contribution < -0.4 is 10.2 Å². The Labute approximate surface area is 173 Å². The number of halogens is 1. The quantitative estimate of drug-likeness (QED) is 0.649. The molecular weight excluding hydrogens is 398 g/mol. The zero-order valence-electron chi connectivity index (χ0n) is 16.4. The molecule has 6 nitrogen and oxygen atoms in total. The average molecular weight is 429 g/mol. The molecule has 0 radical (unpaired) electrons. The van der Waals surface area contributed by atoms with Gasteiger partial charge in [-0.05, 0) is 31.0 Å². The van der Waals surface area contributed by atoms with Gasteiger partial charge in [0.15, 0.2) is 0 Å². The van der Waals surface area contributed by atoms with Crippen molar-refractivity contribution in [2.75, 3.05) is 39.3 Å². The van der Waals surface area contributed by atoms with E-state index < -0.39 is 10.0 Å². The third-order valence-electron chi connectivity index (χ3n) is 5.68. The van der Waals surface area contributed by atoms with Crippen LogP contribution >= 0.6 is 11.6 Å². The van der Waals surface area contributed by atoms with Crippen LogP contribution in [0.3, 0.4) is 0 Å². The number of carbonyl (C=O) groups excluding carboxylic acids is 1. The van der Waals surface area contributed by atoms with Crippen LogP contribution in [0, 0.1) is 0 Å². The Morgan fingerprint density at radius 1 is 1.07 bits per heavy atom. The molecule has 1 aromatic rings. The Balaban J connectivity index is 1.63. The first-order valence-electron chi connectivity index (χ1n) is 10.4. The van der Waals surface area contributed by atoms with Gasteiger partial charge in [0.1, 0.15) is 4.90 Å². The standard InChI is InChI=1S/C20H30ClN3O3S/c21-18-9-8-17(20(25)22-10-7-13-23-11-5-6-12-23)16-19(18)28(26,27)24-14-3-1-2-4-15-24/h8-9,16H,1-7,10-15H2,(H,22,25)/p+1. The molecule has 2 N–H and O–H groups in total. The Morgan fingerprint density at radius 2 is 1.75 bits per heavy atom. The predicted octanol–water partition coefficient (Wildman–Crippen LogP) is 1.70. The van der Waals surface area contributed by atoms with Crippen molar-refractivity contribution in [2.45, 2.75) is 49.8 Å². The predicted molar refractivity (Wildman–Crippen MR) is 110 cm³/mol. The number of carbonyl (C=O) groups is 1. The van der Waals surface area contributed by atoms with Crippen LogP contribution in [-0.4, -0.2) is 57.9 Å². The van der Waals surface area contributed by atoms with E-state index in [1.54, 1.807) is 11.0 Å². The number of nitrogens with zero attached hydrogens (tertiary/aromatic N) is 1. The molecule has 1 amide bonds. The smallest absolute Gasteiger partial charge is 0.251 e. The molecule has 2 aliphatic rings. The summed E-state index contributed by atoms with van der Waals surface area (Å²) in [6.07, 6.45) is 7.31. The molecule has 0 atom stereocenters. The van der Waals surface area contributed by atoms with E-state index in [0.717, 1.165) is 38.6 Å². The zero-order chi connectivity index (χ0) is 20.0. The number of amides is 1. The highest BCUT2D eigenvalue weighted by molar-refractivity contribution is 7.89. The Morgan fingerprint density at radius 3 is 2.43 bits per heavy atom. The number of sulfonamides is 1. The van der Waals surface area contributed by atoms with E-state index in [0.29, 0.717) is 25.2 Å². The Bertz CT molecular complexity index is 771. The Kier molecular flexibility index (Phi) is 7.74. The van der Waals surface area contributed by atoms with E-state index in [1.807, 2.05) is 0 Å². The van der Waals surface area contributed by atoms with E-state index in [2.05, 4.69) is 5.32 Å². The van der Waals surface area contributed by atoms with Gasteiger partial charge in [0.2, 0.25) is 10.0 Å². The summed E-state index contributed by atoms with van der Waals surface area (Å²) in [6, 6.07) is 4.52. The maximum absolute atomic E-state index is 13.1. The largest absolute Gasteiger partial charge is 0.352 e. The molecule has 0 aromatic heterocycles. The molecular formula is C20H31ClN3O3S+. The highest BCUT2D eigenvalue weighted by Crippen LogP contribution is 2.27. The van der Waals surface area contributed by atoms with Crippen LogP contribution in [0.1, 0.15) is 55.3 Å². The first-order valence-corrected chi connectivity index (χ1v) is 12.2. The number of benzene rings is 1. The van der Waals surface area contributed by atoms with Gasteiger partial charge >= 0.3 is 0 Å². The zero-order valence-corrected chi connectivity index (χ0v) is 18.0. The van der Waals surface area contributed by atoms with Crippen LogP contribution in [0.2, 0.25) is 5.02 Å². The van der Waals surface area contributed by atoms with Crippen molar-refractivity contribution in [2.24, 2.45) is 0 Å². The molecule has 0 spiro atoms. The monoisotopic (exact) mass is 428 g/mol. The highest BCUT2D eigenvalue weighted by Gasteiger charge is 2.28. The molecule has 3 rings (SSSR count). The van der Waals surface area contributed by atoms with Gasteiger partial charge in [-0.15, -0.1) is 0 Å². The minimum absolute atomic E-state index is 0.0326. The summed E-state index contributed by atoms with van der Waals surface area (Å²) in [5.41, 5.74) is 0.339. The molecule has 0 aliphatic carbocycles. The van der Waals surface area contributed by atoms with Gasteiger partial charge in [-0.3, -0.25) is 4.79 Å². The van der Waals surface area contributed by atoms with E-state index in [4.69, 9.17) is 11.6 Å². The maximum atomic E-state index is 13.1. The molecule has 0 saturated carbocycles. The van der Waals surface area contributed by atoms with Crippen LogP contribution in [0.25, 0.3) is 0 Å². The molecule has 2 saturated heterocycles. The van der Waals surface area contributed by atoms with Crippen molar-refractivity contribution in [1.29, 1.82) is 0 Å². The van der Waals surface area contributed by atoms with Gasteiger partial charge in [-0.1, -0.05) is 24.4 Å². The van der Waals surface area contributed by atoms with Crippen LogP contribution in [0.15, 0.2) is 23.1 Å². The lowest BCUT2D eigenvalue weighted by Gasteiger charge is -2.21. The van der Waals surface area contributed by atoms with Gasteiger partial charge in [0, 0.05) is 44.5 Å². The Hall–Kier alpha value is -1.15. The molecule has 0 unspecified atom stereocenters. The van der Waals surface area contributed by atoms with Crippen molar-refractivity contribution >= 4 is 27.5 Å². The summed E-state index contributed by atoms with van der Waals surface area (Å²) in [5, 5.41) is 3.07. The lowest BCUT2D eigenvalue weighted by molar-refractivity contribution is -0.887. The fourth-order valence-electron chi connectivity index (χ4n) is 4.03. The lowest BCUT2D eigenvalue weighted by Crippen LogP contribution is -3.10. The van der Waals surface area contributed by atoms with Crippen LogP contribution in [-0.2, 0) is 10.0 Å². The molecule has 2 fully saturated rings. The summed E-state index contributed by atoms with van der Waals surface area (Å²) in [6.45, 7) is 5.13. The topological polar surface area (TPSA) is 70.9 Å². The van der Waals surface area contributed by atoms with Gasteiger partial charge in [-0.25, -0.2) is 8.42 Å². The molecule has 28 heavy (non-hydrogen) atoms. The summed E-state index contributed by atoms with van der Waals surface area (Å²) < 4.78 is 27.6. The van der Waals surface area contributed by atoms with Gasteiger partial charge in [0.05, 0.1) is 24.7 Å². The van der Waals surface area contributed by atoms with Crippen molar-refractivity contribution in [3.05, 3.63) is 28.8 Å². The average Bonchev–Trinajstić information content (AvgIpc) is 3.04. The third kappa shape index (κ3) is 5.47. The van der Waals surface area contributed by atoms with Crippen molar-refractivity contribution in [1.82, 2.24) is 9.62 Å². The second-order valence-electron chi connectivity index (χ2n) is 7.78. The van der Waals surface area contributed by atoms with Crippen molar-refractivity contribution in [3.63, 3.8) is 0 Å². The molecule has 2 heterocycles. The van der Waals surface area contributed by atoms with Crippen molar-refractivity contribution in [3.8, 4) is 0 Å². The van der Waals surface area contributed by atoms with Gasteiger partial charge in [-0.2, -0.15) is 4.31 Å². The molecule has 8 heteroatoms. The first-order chi connectivity index (χ1) is 13.5. The number of hydrogen-bond donors (Lipinski definition) is 2. The molecule has 0 bridgehead atoms. The number of likely N-dealkylation sites (tertiary alicyclic amines) is 1. The van der Waals surface area contributed by atoms with Crippen molar-refractivity contribution < 1.29 is 18.1 Å². The SMILES string of the molecule is O=C(NCCC[NH+]1CCCC1)c1ccc(Cl)c(S(=O)(=O)N2CCCCCC2)c1. The highest BCUT2D eigenvalue weighted by atomic mass is 35.5. The van der Waals surface area contributed by atoms with Crippen LogP contribution in [0.4, 0.5) is 0 Å². The molecule has 1 aromatic carbocycles. The fraction of sp³-hybridized carbons (Fsp3) is 0.650. The lowest BCUT2D eigenvalue weighted by atomic mass is 10.2. The molecule has 156 valence electrons. The van der Waals surface area contributed by atoms with Gasteiger partial charge in [0.25, 0.3) is 5.91 Å². The van der Waals surface area contributed by atoms with E-state index in [-0.39, 0.29) is 15.8 Å². The summed E-state index contributed by atoms with van der Waals surface area (Å²) >= 11 is 6.20. The number of quaternary nitrogens is 1. The minimum atomic E-state index is -3.69. The second-order valence-corrected chi connectivity index (χ2v) is 10.1. The van der Waals surface area contributed by atoms with E-state index >= 15 is 0 Å². The van der Waals surface area contributed by atoms with E-state index in [1.165, 1.54) is 42.4 Å². The third-order valence-corrected chi connectivity index (χ3v) is 8.06. The summed E-state index contributed by atoms with van der Waals surface area (Å²) in [4.78, 5) is 14.1. The number of hydrogen-bond acceptors (Lipinski definition) is 3. The number of rotatable bonds is 7. The number of nitrogens with one attached hydrogen (secondary N) is 2. The molecule has 2 aliphatic heterocycles. The fourth-order valence-corrected chi connectivity index (χ4v) is 6.05. The summed E-state index contributed by atoms with van der Waals surface area (Å²) in [5.74, 6) is -0.250. The summed E-state index contributed by atoms with van der Waals surface area (Å²) in [7, 11) is -3.69. The second kappa shape index (κ2) is 10.1. The van der Waals surface area contributed by atoms with Crippen LogP contribution in [0.5, 0.6) is 0 Å². The minimum Gasteiger partial charge on any atom is -0.352 e. The first kappa shape index (κ1) is 21.6. The van der Waals surface area contributed by atoms with E-state index in [9.17, 15) is 13.2 Å². The van der Waals surface area contributed by atoms with Gasteiger partial charge < -0.3 is 10.2 Å².